The minimum atomic E-state index is -0.121. The van der Waals surface area contributed by atoms with Gasteiger partial charge in [0.25, 0.3) is 5.91 Å². The molecule has 3 aromatic rings. The molecule has 0 saturated heterocycles. The van der Waals surface area contributed by atoms with Crippen LogP contribution >= 0.6 is 15.9 Å². The van der Waals surface area contributed by atoms with Crippen LogP contribution in [0.5, 0.6) is 0 Å². The predicted octanol–water partition coefficient (Wildman–Crippen LogP) is 3.64. The number of anilines is 1. The number of pyridine rings is 1. The molecule has 0 aliphatic carbocycles. The summed E-state index contributed by atoms with van der Waals surface area (Å²) in [5, 5.41) is 7.47. The summed E-state index contributed by atoms with van der Waals surface area (Å²) < 4.78 is 2.86. The van der Waals surface area contributed by atoms with Gasteiger partial charge in [0.1, 0.15) is 5.82 Å². The normalized spacial score (nSPS) is 10.7. The Morgan fingerprint density at radius 1 is 1.19 bits per heavy atom. The van der Waals surface area contributed by atoms with Crippen LogP contribution in [0.15, 0.2) is 47.1 Å². The maximum absolute atomic E-state index is 12.5. The minimum Gasteiger partial charge on any atom is -0.362 e. The van der Waals surface area contributed by atoms with Crippen molar-refractivity contribution < 1.29 is 4.79 Å². The first-order chi connectivity index (χ1) is 12.9. The van der Waals surface area contributed by atoms with Gasteiger partial charge in [-0.1, -0.05) is 6.07 Å². The standard InChI is InChI=1S/C20H22BrN5O/c1-13-18(21)14(2)26(24-13)17-9-7-15(8-10-17)20(27)23-12-16-6-5-11-22-19(16)25(3)4/h5-11H,12H2,1-4H3,(H,23,27). The summed E-state index contributed by atoms with van der Waals surface area (Å²) in [5.74, 6) is 0.730. The van der Waals surface area contributed by atoms with Gasteiger partial charge in [-0.3, -0.25) is 4.79 Å². The Morgan fingerprint density at radius 2 is 1.89 bits per heavy atom. The van der Waals surface area contributed by atoms with Crippen molar-refractivity contribution in [2.45, 2.75) is 20.4 Å². The molecular weight excluding hydrogens is 406 g/mol. The van der Waals surface area contributed by atoms with Crippen molar-refractivity contribution in [1.82, 2.24) is 20.1 Å². The summed E-state index contributed by atoms with van der Waals surface area (Å²) in [5.41, 5.74) is 4.45. The first kappa shape index (κ1) is 19.1. The lowest BCUT2D eigenvalue weighted by molar-refractivity contribution is 0.0951. The molecule has 0 spiro atoms. The smallest absolute Gasteiger partial charge is 0.251 e. The monoisotopic (exact) mass is 427 g/mol. The van der Waals surface area contributed by atoms with E-state index in [0.29, 0.717) is 12.1 Å². The molecule has 0 saturated carbocycles. The number of nitrogens with zero attached hydrogens (tertiary/aromatic N) is 4. The SMILES string of the molecule is Cc1nn(-c2ccc(C(=O)NCc3cccnc3N(C)C)cc2)c(C)c1Br. The molecule has 1 aromatic carbocycles. The van der Waals surface area contributed by atoms with Crippen LogP contribution in [0.2, 0.25) is 0 Å². The number of aromatic nitrogens is 3. The molecule has 0 aliphatic rings. The predicted molar refractivity (Wildman–Crippen MR) is 110 cm³/mol. The van der Waals surface area contributed by atoms with Crippen molar-refractivity contribution in [2.24, 2.45) is 0 Å². The number of rotatable bonds is 5. The van der Waals surface area contributed by atoms with Gasteiger partial charge in [-0.2, -0.15) is 5.10 Å². The molecule has 0 fully saturated rings. The molecule has 7 heteroatoms. The number of hydrogen-bond acceptors (Lipinski definition) is 4. The summed E-state index contributed by atoms with van der Waals surface area (Å²) in [6.07, 6.45) is 1.75. The number of carbonyl (C=O) groups is 1. The first-order valence-corrected chi connectivity index (χ1v) is 9.39. The number of carbonyl (C=O) groups excluding carboxylic acids is 1. The molecule has 0 unspecified atom stereocenters. The van der Waals surface area contributed by atoms with Crippen molar-refractivity contribution >= 4 is 27.7 Å². The summed E-state index contributed by atoms with van der Waals surface area (Å²) >= 11 is 3.54. The molecule has 2 heterocycles. The highest BCUT2D eigenvalue weighted by molar-refractivity contribution is 9.10. The van der Waals surface area contributed by atoms with Crippen LogP contribution in [0.1, 0.15) is 27.3 Å². The van der Waals surface area contributed by atoms with Crippen LogP contribution in [0, 0.1) is 13.8 Å². The van der Waals surface area contributed by atoms with Crippen LogP contribution in [0.4, 0.5) is 5.82 Å². The zero-order valence-corrected chi connectivity index (χ0v) is 17.4. The van der Waals surface area contributed by atoms with E-state index in [1.54, 1.807) is 6.20 Å². The van der Waals surface area contributed by atoms with Gasteiger partial charge in [0.2, 0.25) is 0 Å². The van der Waals surface area contributed by atoms with Gasteiger partial charge >= 0.3 is 0 Å². The van der Waals surface area contributed by atoms with Crippen molar-refractivity contribution in [1.29, 1.82) is 0 Å². The number of benzene rings is 1. The van der Waals surface area contributed by atoms with Crippen molar-refractivity contribution in [2.75, 3.05) is 19.0 Å². The van der Waals surface area contributed by atoms with Crippen molar-refractivity contribution in [3.05, 3.63) is 69.6 Å². The number of hydrogen-bond donors (Lipinski definition) is 1. The maximum atomic E-state index is 12.5. The largest absolute Gasteiger partial charge is 0.362 e. The lowest BCUT2D eigenvalue weighted by Gasteiger charge is -2.16. The Labute approximate surface area is 167 Å². The molecule has 2 aromatic heterocycles. The van der Waals surface area contributed by atoms with E-state index in [2.05, 4.69) is 31.3 Å². The van der Waals surface area contributed by atoms with Crippen LogP contribution < -0.4 is 10.2 Å². The van der Waals surface area contributed by atoms with Crippen LogP contribution in [-0.4, -0.2) is 34.8 Å². The van der Waals surface area contributed by atoms with Gasteiger partial charge in [-0.05, 0) is 60.1 Å². The average molecular weight is 428 g/mol. The third kappa shape index (κ3) is 4.03. The summed E-state index contributed by atoms with van der Waals surface area (Å²) in [7, 11) is 3.87. The zero-order valence-electron chi connectivity index (χ0n) is 15.8. The Morgan fingerprint density at radius 3 is 2.48 bits per heavy atom. The van der Waals surface area contributed by atoms with Crippen LogP contribution in [-0.2, 0) is 6.54 Å². The Hall–Kier alpha value is -2.67. The molecular formula is C20H22BrN5O. The van der Waals surface area contributed by atoms with Crippen LogP contribution in [0.3, 0.4) is 0 Å². The van der Waals surface area contributed by atoms with E-state index in [1.165, 1.54) is 0 Å². The van der Waals surface area contributed by atoms with E-state index in [1.807, 2.05) is 73.9 Å². The Bertz CT molecular complexity index is 963. The van der Waals surface area contributed by atoms with E-state index >= 15 is 0 Å². The lowest BCUT2D eigenvalue weighted by atomic mass is 10.2. The minimum absolute atomic E-state index is 0.121. The van der Waals surface area contributed by atoms with Gasteiger partial charge in [0, 0.05) is 38.0 Å². The van der Waals surface area contributed by atoms with E-state index in [9.17, 15) is 4.79 Å². The Balaban J connectivity index is 1.72. The zero-order chi connectivity index (χ0) is 19.6. The molecule has 0 aliphatic heterocycles. The summed E-state index contributed by atoms with van der Waals surface area (Å²) in [6, 6.07) is 11.3. The first-order valence-electron chi connectivity index (χ1n) is 8.60. The molecule has 1 amide bonds. The molecule has 0 radical (unpaired) electrons. The topological polar surface area (TPSA) is 63.1 Å². The molecule has 0 atom stereocenters. The fraction of sp³-hybridized carbons (Fsp3) is 0.250. The fourth-order valence-corrected chi connectivity index (χ4v) is 3.12. The number of nitrogens with one attached hydrogen (secondary N) is 1. The summed E-state index contributed by atoms with van der Waals surface area (Å²) in [6.45, 7) is 4.38. The molecule has 27 heavy (non-hydrogen) atoms. The Kier molecular flexibility index (Phi) is 5.60. The number of halogens is 1. The van der Waals surface area contributed by atoms with Gasteiger partial charge in [-0.25, -0.2) is 9.67 Å². The van der Waals surface area contributed by atoms with Crippen LogP contribution in [0.25, 0.3) is 5.69 Å². The second kappa shape index (κ2) is 7.92. The van der Waals surface area contributed by atoms with E-state index in [4.69, 9.17) is 0 Å². The quantitative estimate of drug-likeness (QED) is 0.674. The molecule has 1 N–H and O–H groups in total. The lowest BCUT2D eigenvalue weighted by Crippen LogP contribution is -2.24. The van der Waals surface area contributed by atoms with Crippen molar-refractivity contribution in [3.63, 3.8) is 0 Å². The molecule has 6 nitrogen and oxygen atoms in total. The second-order valence-corrected chi connectivity index (χ2v) is 7.30. The van der Waals surface area contributed by atoms with E-state index in [-0.39, 0.29) is 5.91 Å². The average Bonchev–Trinajstić information content (AvgIpc) is 2.93. The maximum Gasteiger partial charge on any atom is 0.251 e. The highest BCUT2D eigenvalue weighted by Crippen LogP contribution is 2.23. The fourth-order valence-electron chi connectivity index (χ4n) is 2.88. The van der Waals surface area contributed by atoms with Gasteiger partial charge in [-0.15, -0.1) is 0 Å². The van der Waals surface area contributed by atoms with Gasteiger partial charge < -0.3 is 10.2 Å². The van der Waals surface area contributed by atoms with Gasteiger partial charge in [0.15, 0.2) is 0 Å². The highest BCUT2D eigenvalue weighted by Gasteiger charge is 2.12. The third-order valence-corrected chi connectivity index (χ3v) is 5.46. The van der Waals surface area contributed by atoms with E-state index in [0.717, 1.165) is 32.9 Å². The second-order valence-electron chi connectivity index (χ2n) is 6.51. The molecule has 0 bridgehead atoms. The summed E-state index contributed by atoms with van der Waals surface area (Å²) in [4.78, 5) is 18.8. The van der Waals surface area contributed by atoms with Crippen molar-refractivity contribution in [3.8, 4) is 5.69 Å². The number of amides is 1. The highest BCUT2D eigenvalue weighted by atomic mass is 79.9. The van der Waals surface area contributed by atoms with E-state index < -0.39 is 0 Å². The number of aryl methyl sites for hydroxylation is 1. The molecule has 140 valence electrons. The molecule has 3 rings (SSSR count). The van der Waals surface area contributed by atoms with Gasteiger partial charge in [0.05, 0.1) is 21.5 Å². The third-order valence-electron chi connectivity index (χ3n) is 4.31.